The molecule has 2 rings (SSSR count). The van der Waals surface area contributed by atoms with Gasteiger partial charge in [-0.1, -0.05) is 89.7 Å². The molecule has 0 N–H and O–H groups in total. The SMILES string of the molecule is C=C(O[Si](C)(C)C(C)(C)C)/C(C)=C/C(COCc1ccc(OC)cc1)ON(Cc1ccccc1)C(=O)/C=C/C(C)C. The van der Waals surface area contributed by atoms with E-state index < -0.39 is 14.4 Å². The first-order valence-corrected chi connectivity index (χ1v) is 17.1. The van der Waals surface area contributed by atoms with Crippen molar-refractivity contribution in [3.05, 3.63) is 102 Å². The van der Waals surface area contributed by atoms with Crippen molar-refractivity contribution < 1.29 is 23.5 Å². The molecule has 41 heavy (non-hydrogen) atoms. The largest absolute Gasteiger partial charge is 0.544 e. The highest BCUT2D eigenvalue weighted by atomic mass is 28.4. The Morgan fingerprint density at radius 2 is 1.66 bits per heavy atom. The van der Waals surface area contributed by atoms with Crippen molar-refractivity contribution in [2.75, 3.05) is 13.7 Å². The van der Waals surface area contributed by atoms with Crippen molar-refractivity contribution in [1.29, 1.82) is 0 Å². The van der Waals surface area contributed by atoms with Gasteiger partial charge in [-0.05, 0) is 65.9 Å². The third-order valence-electron chi connectivity index (χ3n) is 7.07. The van der Waals surface area contributed by atoms with Gasteiger partial charge in [-0.25, -0.2) is 5.06 Å². The topological polar surface area (TPSA) is 57.2 Å². The zero-order valence-corrected chi connectivity index (χ0v) is 27.4. The number of hydrogen-bond donors (Lipinski definition) is 0. The highest BCUT2D eigenvalue weighted by Gasteiger charge is 2.39. The lowest BCUT2D eigenvalue weighted by Crippen LogP contribution is -2.40. The minimum absolute atomic E-state index is 0.0370. The Morgan fingerprint density at radius 3 is 2.22 bits per heavy atom. The maximum Gasteiger partial charge on any atom is 0.270 e. The summed E-state index contributed by atoms with van der Waals surface area (Å²) in [4.78, 5) is 19.6. The summed E-state index contributed by atoms with van der Waals surface area (Å²) in [6.07, 6.45) is 4.81. The fourth-order valence-electron chi connectivity index (χ4n) is 3.47. The Hall–Kier alpha value is -3.13. The number of nitrogens with zero attached hydrogens (tertiary/aromatic N) is 1. The molecular weight excluding hydrogens is 530 g/mol. The molecule has 0 radical (unpaired) electrons. The lowest BCUT2D eigenvalue weighted by atomic mass is 10.2. The molecule has 7 heteroatoms. The first kappa shape index (κ1) is 34.1. The van der Waals surface area contributed by atoms with E-state index in [0.29, 0.717) is 18.9 Å². The molecule has 0 aliphatic heterocycles. The van der Waals surface area contributed by atoms with Gasteiger partial charge in [0.15, 0.2) is 0 Å². The van der Waals surface area contributed by atoms with Crippen molar-refractivity contribution >= 4 is 14.2 Å². The summed E-state index contributed by atoms with van der Waals surface area (Å²) in [6.45, 7) is 22.1. The summed E-state index contributed by atoms with van der Waals surface area (Å²) in [7, 11) is -0.435. The number of amides is 1. The molecule has 0 spiro atoms. The van der Waals surface area contributed by atoms with Crippen LogP contribution >= 0.6 is 0 Å². The van der Waals surface area contributed by atoms with E-state index in [9.17, 15) is 4.79 Å². The van der Waals surface area contributed by atoms with E-state index in [-0.39, 0.29) is 23.5 Å². The van der Waals surface area contributed by atoms with E-state index in [1.165, 1.54) is 5.06 Å². The van der Waals surface area contributed by atoms with E-state index in [4.69, 9.17) is 18.7 Å². The number of hydrogen-bond acceptors (Lipinski definition) is 5. The predicted octanol–water partition coefficient (Wildman–Crippen LogP) is 8.23. The van der Waals surface area contributed by atoms with E-state index in [1.54, 1.807) is 13.2 Å². The Kier molecular flexibility index (Phi) is 13.1. The number of allylic oxidation sites excluding steroid dienone is 2. The van der Waals surface area contributed by atoms with Crippen LogP contribution in [0.5, 0.6) is 5.75 Å². The van der Waals surface area contributed by atoms with Crippen LogP contribution in [0.15, 0.2) is 90.7 Å². The zero-order chi connectivity index (χ0) is 30.6. The van der Waals surface area contributed by atoms with E-state index in [0.717, 1.165) is 22.4 Å². The van der Waals surface area contributed by atoms with Gasteiger partial charge < -0.3 is 13.9 Å². The summed E-state index contributed by atoms with van der Waals surface area (Å²) < 4.78 is 17.8. The third-order valence-corrected chi connectivity index (χ3v) is 11.4. The predicted molar refractivity (Wildman–Crippen MR) is 170 cm³/mol. The van der Waals surface area contributed by atoms with Gasteiger partial charge in [0, 0.05) is 6.08 Å². The fourth-order valence-corrected chi connectivity index (χ4v) is 4.56. The van der Waals surface area contributed by atoms with Crippen LogP contribution in [0.25, 0.3) is 0 Å². The van der Waals surface area contributed by atoms with Crippen LogP contribution < -0.4 is 4.74 Å². The normalized spacial score (nSPS) is 13.4. The minimum Gasteiger partial charge on any atom is -0.544 e. The molecule has 6 nitrogen and oxygen atoms in total. The van der Waals surface area contributed by atoms with E-state index in [1.807, 2.05) is 87.5 Å². The summed E-state index contributed by atoms with van der Waals surface area (Å²) in [5.74, 6) is 1.41. The number of benzene rings is 2. The van der Waals surface area contributed by atoms with Gasteiger partial charge >= 0.3 is 0 Å². The molecule has 2 aromatic rings. The van der Waals surface area contributed by atoms with Gasteiger partial charge in [0.2, 0.25) is 8.32 Å². The van der Waals surface area contributed by atoms with Crippen LogP contribution in [0.3, 0.4) is 0 Å². The standard InChI is InChI=1S/C34H49NO5Si/c1-26(2)16-21-33(36)35(23-29-14-12-11-13-15-29)39-32(25-38-24-30-17-19-31(37-8)20-18-30)22-27(3)28(4)40-41(9,10)34(5,6)7/h11-22,26,32H,4,23-25H2,1-3,5-10H3/b21-16+,27-22+. The summed E-state index contributed by atoms with van der Waals surface area (Å²) in [5.41, 5.74) is 2.81. The monoisotopic (exact) mass is 579 g/mol. The molecule has 0 aliphatic rings. The quantitative estimate of drug-likeness (QED) is 0.0699. The summed E-state index contributed by atoms with van der Waals surface area (Å²) in [5, 5.41) is 1.44. The number of carbonyl (C=O) groups is 1. The van der Waals surface area contributed by atoms with Crippen LogP contribution in [0.4, 0.5) is 0 Å². The second-order valence-corrected chi connectivity index (χ2v) is 16.8. The first-order valence-electron chi connectivity index (χ1n) is 14.2. The van der Waals surface area contributed by atoms with Crippen molar-refractivity contribution in [3.63, 3.8) is 0 Å². The maximum atomic E-state index is 13.3. The molecule has 0 saturated heterocycles. The van der Waals surface area contributed by atoms with Crippen molar-refractivity contribution in [2.45, 2.75) is 78.9 Å². The summed E-state index contributed by atoms with van der Waals surface area (Å²) >= 11 is 0. The zero-order valence-electron chi connectivity index (χ0n) is 26.4. The first-order chi connectivity index (χ1) is 19.2. The van der Waals surface area contributed by atoms with Gasteiger partial charge in [0.05, 0.1) is 32.6 Å². The van der Waals surface area contributed by atoms with Gasteiger partial charge in [-0.2, -0.15) is 0 Å². The van der Waals surface area contributed by atoms with E-state index in [2.05, 4.69) is 40.4 Å². The number of methoxy groups -OCH3 is 1. The molecule has 224 valence electrons. The number of ether oxygens (including phenoxy) is 2. The van der Waals surface area contributed by atoms with Gasteiger partial charge in [0.25, 0.3) is 5.91 Å². The molecule has 2 aromatic carbocycles. The molecule has 0 saturated carbocycles. The van der Waals surface area contributed by atoms with E-state index >= 15 is 0 Å². The lowest BCUT2D eigenvalue weighted by Gasteiger charge is -2.37. The van der Waals surface area contributed by atoms with Crippen LogP contribution in [-0.2, 0) is 31.9 Å². The Morgan fingerprint density at radius 1 is 1.02 bits per heavy atom. The molecule has 0 heterocycles. The smallest absolute Gasteiger partial charge is 0.270 e. The molecule has 1 amide bonds. The third kappa shape index (κ3) is 11.7. The molecule has 1 atom stereocenters. The second-order valence-electron chi connectivity index (χ2n) is 12.1. The van der Waals surface area contributed by atoms with Crippen LogP contribution in [-0.4, -0.2) is 39.1 Å². The average molecular weight is 580 g/mol. The molecule has 0 bridgehead atoms. The molecular formula is C34H49NO5Si. The number of hydroxylamine groups is 2. The minimum atomic E-state index is -2.08. The highest BCUT2D eigenvalue weighted by Crippen LogP contribution is 2.38. The van der Waals surface area contributed by atoms with Crippen LogP contribution in [0, 0.1) is 5.92 Å². The number of rotatable bonds is 15. The fraction of sp³-hybridized carbons (Fsp3) is 0.441. The van der Waals surface area contributed by atoms with Gasteiger partial charge in [-0.3, -0.25) is 9.63 Å². The Bertz CT molecular complexity index is 1160. The van der Waals surface area contributed by atoms with Crippen molar-refractivity contribution in [2.24, 2.45) is 5.92 Å². The molecule has 0 aliphatic carbocycles. The Labute approximate surface area is 248 Å². The van der Waals surface area contributed by atoms with Crippen LogP contribution in [0.2, 0.25) is 18.1 Å². The highest BCUT2D eigenvalue weighted by molar-refractivity contribution is 6.74. The lowest BCUT2D eigenvalue weighted by molar-refractivity contribution is -0.205. The molecule has 0 aromatic heterocycles. The van der Waals surface area contributed by atoms with Crippen LogP contribution in [0.1, 0.15) is 52.7 Å². The van der Waals surface area contributed by atoms with Gasteiger partial charge in [0.1, 0.15) is 11.9 Å². The Balaban J connectivity index is 2.31. The van der Waals surface area contributed by atoms with Crippen molar-refractivity contribution in [3.8, 4) is 5.75 Å². The molecule has 1 unspecified atom stereocenters. The molecule has 0 fully saturated rings. The van der Waals surface area contributed by atoms with Gasteiger partial charge in [-0.15, -0.1) is 0 Å². The summed E-state index contributed by atoms with van der Waals surface area (Å²) in [6, 6.07) is 17.5. The van der Waals surface area contributed by atoms with Crippen molar-refractivity contribution in [1.82, 2.24) is 5.06 Å². The number of carbonyl (C=O) groups excluding carboxylic acids is 1. The maximum absolute atomic E-state index is 13.3. The average Bonchev–Trinajstić information content (AvgIpc) is 2.91. The second kappa shape index (κ2) is 15.8.